The normalized spacial score (nSPS) is 11.4. The van der Waals surface area contributed by atoms with Crippen molar-refractivity contribution in [1.82, 2.24) is 15.1 Å². The van der Waals surface area contributed by atoms with Crippen LogP contribution in [0.25, 0.3) is 11.3 Å². The molecule has 4 rings (SSSR count). The minimum absolute atomic E-state index is 0.355. The first-order chi connectivity index (χ1) is 15.9. The predicted molar refractivity (Wildman–Crippen MR) is 126 cm³/mol. The molecule has 0 bridgehead atoms. The van der Waals surface area contributed by atoms with Gasteiger partial charge < -0.3 is 5.32 Å². The van der Waals surface area contributed by atoms with Crippen LogP contribution in [0.2, 0.25) is 0 Å². The Balaban J connectivity index is 1.69. The van der Waals surface area contributed by atoms with Gasteiger partial charge in [-0.3, -0.25) is 9.59 Å². The summed E-state index contributed by atoms with van der Waals surface area (Å²) in [6.07, 6.45) is 0. The number of carbonyl (C=O) groups excluding carboxylic acids is 1. The van der Waals surface area contributed by atoms with Crippen molar-refractivity contribution < 1.29 is 9.18 Å². The van der Waals surface area contributed by atoms with Crippen molar-refractivity contribution in [3.63, 3.8) is 0 Å². The van der Waals surface area contributed by atoms with E-state index in [1.165, 1.54) is 22.9 Å². The molecule has 166 valence electrons. The number of nitrogens with one attached hydrogen (secondary N) is 1. The van der Waals surface area contributed by atoms with Crippen LogP contribution in [0.3, 0.4) is 0 Å². The molecule has 6 heteroatoms. The van der Waals surface area contributed by atoms with E-state index >= 15 is 0 Å². The van der Waals surface area contributed by atoms with Gasteiger partial charge in [0.15, 0.2) is 0 Å². The minimum Gasteiger partial charge on any atom is -0.343 e. The molecule has 1 aromatic heterocycles. The number of rotatable bonds is 6. The first kappa shape index (κ1) is 22.1. The first-order valence-corrected chi connectivity index (χ1v) is 10.6. The molecular formula is C27H24FN3O2. The molecule has 5 nitrogen and oxygen atoms in total. The van der Waals surface area contributed by atoms with E-state index < -0.39 is 17.1 Å². The smallest absolute Gasteiger partial charge is 0.267 e. The van der Waals surface area contributed by atoms with Gasteiger partial charge in [-0.05, 0) is 55.3 Å². The number of hydrogen-bond donors (Lipinski definition) is 1. The maximum atomic E-state index is 13.5. The number of aromatic nitrogens is 2. The standard InChI is InChI=1S/C27H24FN3O2/c1-27(2,31-24(32)18-17-23(30-31)19-13-15-22(28)16-14-19)26(33)29-25(20-9-5-3-6-10-20)21-11-7-4-8-12-21/h3-18,25H,1-2H3,(H,29,33). The maximum absolute atomic E-state index is 13.5. The minimum atomic E-state index is -1.28. The Morgan fingerprint density at radius 2 is 1.39 bits per heavy atom. The van der Waals surface area contributed by atoms with Crippen LogP contribution in [0.5, 0.6) is 0 Å². The Morgan fingerprint density at radius 3 is 1.94 bits per heavy atom. The largest absolute Gasteiger partial charge is 0.343 e. The van der Waals surface area contributed by atoms with Crippen molar-refractivity contribution in [2.45, 2.75) is 25.4 Å². The summed E-state index contributed by atoms with van der Waals surface area (Å²) in [5, 5.41) is 7.53. The second kappa shape index (κ2) is 9.20. The highest BCUT2D eigenvalue weighted by Gasteiger charge is 2.34. The highest BCUT2D eigenvalue weighted by atomic mass is 19.1. The molecule has 1 N–H and O–H groups in total. The molecule has 0 radical (unpaired) electrons. The van der Waals surface area contributed by atoms with Gasteiger partial charge in [0.1, 0.15) is 11.4 Å². The fraction of sp³-hybridized carbons (Fsp3) is 0.148. The van der Waals surface area contributed by atoms with Gasteiger partial charge in [-0.25, -0.2) is 9.07 Å². The summed E-state index contributed by atoms with van der Waals surface area (Å²) in [5.74, 6) is -0.717. The zero-order valence-corrected chi connectivity index (χ0v) is 18.4. The molecule has 4 aromatic rings. The fourth-order valence-corrected chi connectivity index (χ4v) is 3.64. The van der Waals surface area contributed by atoms with E-state index in [1.807, 2.05) is 60.7 Å². The van der Waals surface area contributed by atoms with Gasteiger partial charge in [0.25, 0.3) is 5.56 Å². The Labute approximate surface area is 191 Å². The van der Waals surface area contributed by atoms with Gasteiger partial charge in [-0.1, -0.05) is 60.7 Å². The van der Waals surface area contributed by atoms with Gasteiger partial charge >= 0.3 is 0 Å². The van der Waals surface area contributed by atoms with Crippen LogP contribution in [0.15, 0.2) is 102 Å². The monoisotopic (exact) mass is 441 g/mol. The Hall–Kier alpha value is -4.06. The van der Waals surface area contributed by atoms with Gasteiger partial charge in [-0.2, -0.15) is 5.10 Å². The van der Waals surface area contributed by atoms with Crippen LogP contribution in [0, 0.1) is 5.82 Å². The van der Waals surface area contributed by atoms with E-state index in [0.717, 1.165) is 11.1 Å². The van der Waals surface area contributed by atoms with Crippen LogP contribution >= 0.6 is 0 Å². The highest BCUT2D eigenvalue weighted by molar-refractivity contribution is 5.84. The Kier molecular flexibility index (Phi) is 6.18. The van der Waals surface area contributed by atoms with E-state index in [4.69, 9.17) is 0 Å². The van der Waals surface area contributed by atoms with Crippen molar-refractivity contribution in [3.8, 4) is 11.3 Å². The molecule has 0 unspecified atom stereocenters. The summed E-state index contributed by atoms with van der Waals surface area (Å²) in [4.78, 5) is 26.2. The lowest BCUT2D eigenvalue weighted by atomic mass is 9.96. The average molecular weight is 442 g/mol. The van der Waals surface area contributed by atoms with Crippen molar-refractivity contribution in [3.05, 3.63) is 124 Å². The van der Waals surface area contributed by atoms with E-state index in [1.54, 1.807) is 32.0 Å². The molecule has 1 amide bonds. The summed E-state index contributed by atoms with van der Waals surface area (Å²) in [7, 11) is 0. The molecule has 0 atom stereocenters. The molecule has 0 aliphatic carbocycles. The average Bonchev–Trinajstić information content (AvgIpc) is 2.84. The van der Waals surface area contributed by atoms with Crippen molar-refractivity contribution in [2.24, 2.45) is 0 Å². The van der Waals surface area contributed by atoms with Crippen LogP contribution < -0.4 is 10.9 Å². The molecular weight excluding hydrogens is 417 g/mol. The zero-order chi connectivity index (χ0) is 23.4. The van der Waals surface area contributed by atoms with Gasteiger partial charge in [0.2, 0.25) is 5.91 Å². The quantitative estimate of drug-likeness (QED) is 0.472. The molecule has 3 aromatic carbocycles. The van der Waals surface area contributed by atoms with Gasteiger partial charge in [0, 0.05) is 11.6 Å². The van der Waals surface area contributed by atoms with E-state index in [0.29, 0.717) is 11.3 Å². The Morgan fingerprint density at radius 1 is 0.848 bits per heavy atom. The third-order valence-corrected chi connectivity index (χ3v) is 5.57. The molecule has 0 aliphatic heterocycles. The first-order valence-electron chi connectivity index (χ1n) is 10.6. The number of amides is 1. The number of halogens is 1. The lowest BCUT2D eigenvalue weighted by molar-refractivity contribution is -0.129. The summed E-state index contributed by atoms with van der Waals surface area (Å²) in [5.41, 5.74) is 1.28. The third-order valence-electron chi connectivity index (χ3n) is 5.57. The predicted octanol–water partition coefficient (Wildman–Crippen LogP) is 4.69. The topological polar surface area (TPSA) is 64.0 Å². The molecule has 1 heterocycles. The lowest BCUT2D eigenvalue weighted by Crippen LogP contribution is -2.50. The SMILES string of the molecule is CC(C)(C(=O)NC(c1ccccc1)c1ccccc1)n1nc(-c2ccc(F)cc2)ccc1=O. The molecule has 0 saturated heterocycles. The molecule has 33 heavy (non-hydrogen) atoms. The number of carbonyl (C=O) groups is 1. The van der Waals surface area contributed by atoms with Crippen LogP contribution in [0.4, 0.5) is 4.39 Å². The van der Waals surface area contributed by atoms with Crippen LogP contribution in [-0.2, 0) is 10.3 Å². The summed E-state index contributed by atoms with van der Waals surface area (Å²) in [6.45, 7) is 3.30. The summed E-state index contributed by atoms with van der Waals surface area (Å²) < 4.78 is 14.5. The van der Waals surface area contributed by atoms with Crippen LogP contribution in [-0.4, -0.2) is 15.7 Å². The fourth-order valence-electron chi connectivity index (χ4n) is 3.64. The van der Waals surface area contributed by atoms with E-state index in [9.17, 15) is 14.0 Å². The van der Waals surface area contributed by atoms with Gasteiger partial charge in [-0.15, -0.1) is 0 Å². The molecule has 0 spiro atoms. The number of benzene rings is 3. The molecule has 0 saturated carbocycles. The lowest BCUT2D eigenvalue weighted by Gasteiger charge is -2.29. The number of nitrogens with zero attached hydrogens (tertiary/aromatic N) is 2. The molecule has 0 aliphatic rings. The maximum Gasteiger partial charge on any atom is 0.267 e. The van der Waals surface area contributed by atoms with E-state index in [2.05, 4.69) is 10.4 Å². The highest BCUT2D eigenvalue weighted by Crippen LogP contribution is 2.24. The second-order valence-corrected chi connectivity index (χ2v) is 8.26. The third kappa shape index (κ3) is 4.75. The zero-order valence-electron chi connectivity index (χ0n) is 18.4. The second-order valence-electron chi connectivity index (χ2n) is 8.26. The van der Waals surface area contributed by atoms with Crippen molar-refractivity contribution >= 4 is 5.91 Å². The molecule has 0 fully saturated rings. The van der Waals surface area contributed by atoms with E-state index in [-0.39, 0.29) is 11.7 Å². The van der Waals surface area contributed by atoms with Crippen LogP contribution in [0.1, 0.15) is 31.0 Å². The number of hydrogen-bond acceptors (Lipinski definition) is 3. The summed E-state index contributed by atoms with van der Waals surface area (Å²) in [6, 6.07) is 27.7. The Bertz CT molecular complexity index is 1260. The van der Waals surface area contributed by atoms with Gasteiger partial charge in [0.05, 0.1) is 11.7 Å². The van der Waals surface area contributed by atoms with Crippen molar-refractivity contribution in [1.29, 1.82) is 0 Å². The van der Waals surface area contributed by atoms with Crippen molar-refractivity contribution in [2.75, 3.05) is 0 Å². The summed E-state index contributed by atoms with van der Waals surface area (Å²) >= 11 is 0.